The predicted molar refractivity (Wildman–Crippen MR) is 120 cm³/mol. The van der Waals surface area contributed by atoms with Crippen molar-refractivity contribution in [2.45, 2.75) is 46.6 Å². The zero-order valence-corrected chi connectivity index (χ0v) is 19.1. The summed E-state index contributed by atoms with van der Waals surface area (Å²) in [7, 11) is 0. The topological polar surface area (TPSA) is 80.1 Å². The third-order valence-corrected chi connectivity index (χ3v) is 5.76. The lowest BCUT2D eigenvalue weighted by Gasteiger charge is -2.34. The first-order chi connectivity index (χ1) is 15.4. The van der Waals surface area contributed by atoms with E-state index < -0.39 is 5.97 Å². The van der Waals surface area contributed by atoms with Crippen molar-refractivity contribution in [3.8, 4) is 0 Å². The molecule has 0 spiro atoms. The molecule has 7 nitrogen and oxygen atoms in total. The number of hydrogen-bond acceptors (Lipinski definition) is 5. The third kappa shape index (κ3) is 4.77. The zero-order chi connectivity index (χ0) is 23.3. The molecule has 1 atom stereocenters. The lowest BCUT2D eigenvalue weighted by Crippen LogP contribution is -2.38. The Morgan fingerprint density at radius 3 is 2.41 bits per heavy atom. The van der Waals surface area contributed by atoms with Gasteiger partial charge in [-0.05, 0) is 45.4 Å². The van der Waals surface area contributed by atoms with Crippen molar-refractivity contribution in [2.24, 2.45) is 0 Å². The number of furan rings is 1. The average molecular weight is 439 g/mol. The van der Waals surface area contributed by atoms with Crippen molar-refractivity contribution in [1.29, 1.82) is 0 Å². The first-order valence-electron chi connectivity index (χ1n) is 11.0. The fourth-order valence-corrected chi connectivity index (χ4v) is 4.05. The highest BCUT2D eigenvalue weighted by Gasteiger charge is 2.37. The van der Waals surface area contributed by atoms with E-state index in [-0.39, 0.29) is 43.1 Å². The Morgan fingerprint density at radius 1 is 1.09 bits per heavy atom. The molecule has 0 bridgehead atoms. The Morgan fingerprint density at radius 2 is 1.78 bits per heavy atom. The van der Waals surface area contributed by atoms with Crippen LogP contribution in [0.3, 0.4) is 0 Å². The van der Waals surface area contributed by atoms with E-state index in [0.29, 0.717) is 30.1 Å². The molecule has 1 unspecified atom stereocenters. The monoisotopic (exact) mass is 438 g/mol. The molecule has 0 fully saturated rings. The van der Waals surface area contributed by atoms with E-state index in [1.165, 1.54) is 4.90 Å². The van der Waals surface area contributed by atoms with Crippen molar-refractivity contribution in [3.05, 3.63) is 70.8 Å². The van der Waals surface area contributed by atoms with Crippen LogP contribution in [-0.2, 0) is 20.9 Å². The van der Waals surface area contributed by atoms with Gasteiger partial charge in [0, 0.05) is 31.1 Å². The van der Waals surface area contributed by atoms with Crippen LogP contribution >= 0.6 is 0 Å². The predicted octanol–water partition coefficient (Wildman–Crippen LogP) is 4.11. The summed E-state index contributed by atoms with van der Waals surface area (Å²) in [5.74, 6) is -0.368. The summed E-state index contributed by atoms with van der Waals surface area (Å²) in [4.78, 5) is 41.7. The molecule has 1 aliphatic rings. The highest BCUT2D eigenvalue weighted by molar-refractivity contribution is 5.96. The van der Waals surface area contributed by atoms with Crippen LogP contribution < -0.4 is 0 Å². The van der Waals surface area contributed by atoms with E-state index in [0.717, 1.165) is 5.56 Å². The number of allylic oxidation sites excluding steroid dienone is 1. The Kier molecular flexibility index (Phi) is 7.51. The van der Waals surface area contributed by atoms with E-state index in [1.54, 1.807) is 30.9 Å². The van der Waals surface area contributed by atoms with Crippen LogP contribution in [0.1, 0.15) is 61.9 Å². The number of benzene rings is 1. The lowest BCUT2D eigenvalue weighted by molar-refractivity contribution is -0.140. The Balaban J connectivity index is 1.92. The molecule has 0 aliphatic carbocycles. The molecule has 1 aromatic heterocycles. The molecule has 2 heterocycles. The fraction of sp³-hybridized carbons (Fsp3) is 0.400. The molecule has 170 valence electrons. The number of carbonyl (C=O) groups excluding carboxylic acids is 3. The van der Waals surface area contributed by atoms with Crippen molar-refractivity contribution < 1.29 is 23.5 Å². The van der Waals surface area contributed by atoms with Gasteiger partial charge in [-0.1, -0.05) is 30.3 Å². The quantitative estimate of drug-likeness (QED) is 0.580. The van der Waals surface area contributed by atoms with Crippen LogP contribution in [-0.4, -0.2) is 47.3 Å². The minimum absolute atomic E-state index is 0.113. The van der Waals surface area contributed by atoms with Crippen molar-refractivity contribution >= 4 is 17.8 Å². The summed E-state index contributed by atoms with van der Waals surface area (Å²) in [5, 5.41) is 0. The smallest absolute Gasteiger partial charge is 0.336 e. The minimum Gasteiger partial charge on any atom is -0.463 e. The van der Waals surface area contributed by atoms with Crippen LogP contribution in [0.15, 0.2) is 58.2 Å². The fourth-order valence-electron chi connectivity index (χ4n) is 4.05. The number of hydrogen-bond donors (Lipinski definition) is 0. The molecule has 2 aromatic rings. The second kappa shape index (κ2) is 10.3. The van der Waals surface area contributed by atoms with Gasteiger partial charge in [0.1, 0.15) is 5.76 Å². The maximum Gasteiger partial charge on any atom is 0.336 e. The second-order valence-corrected chi connectivity index (χ2v) is 7.61. The van der Waals surface area contributed by atoms with E-state index in [4.69, 9.17) is 9.15 Å². The van der Waals surface area contributed by atoms with Gasteiger partial charge >= 0.3 is 5.97 Å². The van der Waals surface area contributed by atoms with E-state index in [9.17, 15) is 14.4 Å². The van der Waals surface area contributed by atoms with Crippen LogP contribution in [0.5, 0.6) is 0 Å². The first kappa shape index (κ1) is 23.3. The minimum atomic E-state index is -0.423. The summed E-state index contributed by atoms with van der Waals surface area (Å²) in [6.07, 6.45) is 0.154. The highest BCUT2D eigenvalue weighted by atomic mass is 16.5. The Labute approximate surface area is 188 Å². The van der Waals surface area contributed by atoms with Gasteiger partial charge in [0.15, 0.2) is 5.76 Å². The average Bonchev–Trinajstić information content (AvgIpc) is 3.26. The number of esters is 1. The Hall–Kier alpha value is -3.35. The zero-order valence-electron chi connectivity index (χ0n) is 19.1. The van der Waals surface area contributed by atoms with Crippen molar-refractivity contribution in [1.82, 2.24) is 9.80 Å². The van der Waals surface area contributed by atoms with Gasteiger partial charge in [0.05, 0.1) is 18.7 Å². The maximum absolute atomic E-state index is 13.1. The van der Waals surface area contributed by atoms with Gasteiger partial charge in [-0.3, -0.25) is 9.59 Å². The Bertz CT molecular complexity index is 1000. The van der Waals surface area contributed by atoms with Gasteiger partial charge < -0.3 is 19.0 Å². The summed E-state index contributed by atoms with van der Waals surface area (Å²) < 4.78 is 11.1. The van der Waals surface area contributed by atoms with Gasteiger partial charge in [0.25, 0.3) is 5.91 Å². The number of carbonyl (C=O) groups is 3. The molecule has 0 radical (unpaired) electrons. The molecule has 0 N–H and O–H groups in total. The third-order valence-electron chi connectivity index (χ3n) is 5.76. The lowest BCUT2D eigenvalue weighted by atomic mass is 9.83. The van der Waals surface area contributed by atoms with Gasteiger partial charge in [-0.25, -0.2) is 4.79 Å². The molecule has 1 aliphatic heterocycles. The van der Waals surface area contributed by atoms with E-state index in [1.807, 2.05) is 44.2 Å². The van der Waals surface area contributed by atoms with Gasteiger partial charge in [-0.15, -0.1) is 0 Å². The highest BCUT2D eigenvalue weighted by Crippen LogP contribution is 2.37. The normalized spacial score (nSPS) is 16.3. The molecule has 0 saturated heterocycles. The first-order valence-corrected chi connectivity index (χ1v) is 11.0. The standard InChI is InChI=1S/C25H30N2O5/c1-5-26(6-2)24(29)21-14-13-19(32-21)16-27-17(4)23(25(30)31-7-3)20(15-22(27)28)18-11-9-8-10-12-18/h8-14,20H,5-7,15-16H2,1-4H3. The van der Waals surface area contributed by atoms with E-state index >= 15 is 0 Å². The molecule has 3 rings (SSSR count). The molecule has 2 amide bonds. The summed E-state index contributed by atoms with van der Waals surface area (Å²) in [6, 6.07) is 12.8. The number of rotatable bonds is 8. The molecule has 32 heavy (non-hydrogen) atoms. The van der Waals surface area contributed by atoms with E-state index in [2.05, 4.69) is 0 Å². The molecule has 7 heteroatoms. The van der Waals surface area contributed by atoms with Crippen molar-refractivity contribution in [3.63, 3.8) is 0 Å². The summed E-state index contributed by atoms with van der Waals surface area (Å²) >= 11 is 0. The summed E-state index contributed by atoms with van der Waals surface area (Å²) in [5.41, 5.74) is 1.92. The largest absolute Gasteiger partial charge is 0.463 e. The number of nitrogens with zero attached hydrogens (tertiary/aromatic N) is 2. The van der Waals surface area contributed by atoms with Crippen LogP contribution in [0.4, 0.5) is 0 Å². The molecular weight excluding hydrogens is 408 g/mol. The molecule has 1 aromatic carbocycles. The van der Waals surface area contributed by atoms with Crippen LogP contribution in [0.2, 0.25) is 0 Å². The summed E-state index contributed by atoms with van der Waals surface area (Å²) in [6.45, 7) is 8.89. The molecule has 0 saturated carbocycles. The van der Waals surface area contributed by atoms with Gasteiger partial charge in [-0.2, -0.15) is 0 Å². The number of ether oxygens (including phenoxy) is 1. The maximum atomic E-state index is 13.1. The van der Waals surface area contributed by atoms with Crippen LogP contribution in [0.25, 0.3) is 0 Å². The second-order valence-electron chi connectivity index (χ2n) is 7.61. The number of amides is 2. The van der Waals surface area contributed by atoms with Crippen molar-refractivity contribution in [2.75, 3.05) is 19.7 Å². The van der Waals surface area contributed by atoms with Crippen LogP contribution in [0, 0.1) is 0 Å². The molecular formula is C25H30N2O5. The SMILES string of the molecule is CCOC(=O)C1=C(C)N(Cc2ccc(C(=O)N(CC)CC)o2)C(=O)CC1c1ccccc1. The van der Waals surface area contributed by atoms with Gasteiger partial charge in [0.2, 0.25) is 5.91 Å².